The van der Waals surface area contributed by atoms with Crippen LogP contribution in [0.5, 0.6) is 0 Å². The quantitative estimate of drug-likeness (QED) is 0.327. The molecule has 1 rings (SSSR count). The van der Waals surface area contributed by atoms with Crippen LogP contribution in [0.4, 0.5) is 11.4 Å². The molecule has 0 aliphatic carbocycles. The van der Waals surface area contributed by atoms with Crippen LogP contribution in [0.2, 0.25) is 0 Å². The second kappa shape index (κ2) is 5.93. The van der Waals surface area contributed by atoms with Crippen LogP contribution in [0, 0.1) is 10.1 Å². The number of nitrogens with one attached hydrogen (secondary N) is 2. The summed E-state index contributed by atoms with van der Waals surface area (Å²) in [6, 6.07) is 2.88. The van der Waals surface area contributed by atoms with Crippen molar-refractivity contribution in [3.8, 4) is 0 Å². The third kappa shape index (κ3) is 4.44. The average Bonchev–Trinajstić information content (AvgIpc) is 2.27. The highest BCUT2D eigenvalue weighted by Gasteiger charge is 2.20. The number of hydrogen-bond acceptors (Lipinski definition) is 7. The van der Waals surface area contributed by atoms with E-state index in [1.807, 2.05) is 0 Å². The van der Waals surface area contributed by atoms with Crippen molar-refractivity contribution in [2.24, 2.45) is 5.73 Å². The van der Waals surface area contributed by atoms with Crippen LogP contribution in [0.15, 0.2) is 23.1 Å². The number of nitro benzene ring substituents is 1. The van der Waals surface area contributed by atoms with E-state index in [-0.39, 0.29) is 11.7 Å². The number of hydrogen-bond donors (Lipinski definition) is 4. The summed E-state index contributed by atoms with van der Waals surface area (Å²) in [5.74, 6) is 0. The number of nitro groups is 1. The van der Waals surface area contributed by atoms with Gasteiger partial charge in [-0.3, -0.25) is 14.7 Å². The van der Waals surface area contributed by atoms with E-state index in [1.54, 1.807) is 6.92 Å². The Balaban J connectivity index is 3.07. The summed E-state index contributed by atoms with van der Waals surface area (Å²) in [6.07, 6.45) is 0. The molecule has 1 aromatic carbocycles. The molecule has 0 fully saturated rings. The van der Waals surface area contributed by atoms with Crippen molar-refractivity contribution in [3.05, 3.63) is 28.3 Å². The SMILES string of the molecule is CC(N)CNNc1ccc([N+](=O)[O-])cc1S(=O)(=O)O. The van der Waals surface area contributed by atoms with Gasteiger partial charge in [0.25, 0.3) is 15.8 Å². The Morgan fingerprint density at radius 3 is 2.63 bits per heavy atom. The maximum Gasteiger partial charge on any atom is 0.296 e. The zero-order chi connectivity index (χ0) is 14.6. The summed E-state index contributed by atoms with van der Waals surface area (Å²) in [6.45, 7) is 2.07. The van der Waals surface area contributed by atoms with Crippen molar-refractivity contribution < 1.29 is 17.9 Å². The Bertz CT molecular complexity index is 572. The lowest BCUT2D eigenvalue weighted by atomic mass is 10.3. The molecule has 0 aliphatic heterocycles. The van der Waals surface area contributed by atoms with E-state index in [1.165, 1.54) is 6.07 Å². The van der Waals surface area contributed by atoms with Gasteiger partial charge in [-0.05, 0) is 13.0 Å². The maximum absolute atomic E-state index is 11.2. The summed E-state index contributed by atoms with van der Waals surface area (Å²) in [5, 5.41) is 10.6. The van der Waals surface area contributed by atoms with Crippen molar-refractivity contribution in [2.45, 2.75) is 17.9 Å². The topological polar surface area (TPSA) is 148 Å². The van der Waals surface area contributed by atoms with Gasteiger partial charge in [-0.1, -0.05) is 0 Å². The van der Waals surface area contributed by atoms with E-state index in [4.69, 9.17) is 10.3 Å². The lowest BCUT2D eigenvalue weighted by molar-refractivity contribution is -0.385. The standard InChI is InChI=1S/C9H14N4O5S/c1-6(10)5-11-12-8-3-2-7(13(14)15)4-9(8)19(16,17)18/h2-4,6,11-12H,5,10H2,1H3,(H,16,17,18). The summed E-state index contributed by atoms with van der Waals surface area (Å²) < 4.78 is 31.4. The van der Waals surface area contributed by atoms with E-state index in [0.29, 0.717) is 6.54 Å². The lowest BCUT2D eigenvalue weighted by Crippen LogP contribution is -2.34. The Kier molecular flexibility index (Phi) is 4.78. The largest absolute Gasteiger partial charge is 0.327 e. The maximum atomic E-state index is 11.2. The fourth-order valence-corrected chi connectivity index (χ4v) is 1.92. The van der Waals surface area contributed by atoms with E-state index in [0.717, 1.165) is 12.1 Å². The van der Waals surface area contributed by atoms with E-state index < -0.39 is 25.6 Å². The Labute approximate surface area is 109 Å². The summed E-state index contributed by atoms with van der Waals surface area (Å²) in [7, 11) is -4.58. The molecule has 0 spiro atoms. The highest BCUT2D eigenvalue weighted by Crippen LogP contribution is 2.25. The number of rotatable bonds is 6. The summed E-state index contributed by atoms with van der Waals surface area (Å²) >= 11 is 0. The minimum atomic E-state index is -4.58. The number of nitrogens with two attached hydrogens (primary N) is 1. The van der Waals surface area contributed by atoms with Gasteiger partial charge in [-0.25, -0.2) is 5.43 Å². The fourth-order valence-electron chi connectivity index (χ4n) is 1.25. The molecule has 0 amide bonds. The van der Waals surface area contributed by atoms with Gasteiger partial charge >= 0.3 is 0 Å². The van der Waals surface area contributed by atoms with E-state index >= 15 is 0 Å². The zero-order valence-electron chi connectivity index (χ0n) is 10.0. The first-order valence-electron chi connectivity index (χ1n) is 5.22. The number of anilines is 1. The molecule has 106 valence electrons. The Morgan fingerprint density at radius 1 is 1.53 bits per heavy atom. The second-order valence-electron chi connectivity index (χ2n) is 3.90. The first kappa shape index (κ1) is 15.3. The first-order chi connectivity index (χ1) is 8.71. The van der Waals surface area contributed by atoms with Crippen molar-refractivity contribution in [3.63, 3.8) is 0 Å². The second-order valence-corrected chi connectivity index (χ2v) is 5.29. The van der Waals surface area contributed by atoms with Crippen molar-refractivity contribution in [1.82, 2.24) is 5.43 Å². The van der Waals surface area contributed by atoms with Crippen molar-refractivity contribution in [2.75, 3.05) is 12.0 Å². The van der Waals surface area contributed by atoms with Gasteiger partial charge in [0.1, 0.15) is 4.90 Å². The molecule has 1 atom stereocenters. The van der Waals surface area contributed by atoms with Crippen molar-refractivity contribution >= 4 is 21.5 Å². The minimum absolute atomic E-state index is 0.00579. The van der Waals surface area contributed by atoms with Crippen LogP contribution in [0.1, 0.15) is 6.92 Å². The van der Waals surface area contributed by atoms with Gasteiger partial charge in [0.15, 0.2) is 0 Å². The van der Waals surface area contributed by atoms with Gasteiger partial charge in [-0.15, -0.1) is 0 Å². The van der Waals surface area contributed by atoms with Gasteiger partial charge in [0.05, 0.1) is 10.6 Å². The van der Waals surface area contributed by atoms with Crippen LogP contribution in [0.25, 0.3) is 0 Å². The van der Waals surface area contributed by atoms with Crippen LogP contribution < -0.4 is 16.6 Å². The predicted molar refractivity (Wildman–Crippen MR) is 68.2 cm³/mol. The van der Waals surface area contributed by atoms with Gasteiger partial charge in [-0.2, -0.15) is 8.42 Å². The summed E-state index contributed by atoms with van der Waals surface area (Å²) in [5.41, 5.74) is 10.2. The fraction of sp³-hybridized carbons (Fsp3) is 0.333. The molecule has 0 heterocycles. The Hall–Kier alpha value is -1.75. The number of hydrazine groups is 1. The van der Waals surface area contributed by atoms with Gasteiger partial charge in [0, 0.05) is 24.7 Å². The van der Waals surface area contributed by atoms with E-state index in [2.05, 4.69) is 10.9 Å². The molecular formula is C9H14N4O5S. The normalized spacial score (nSPS) is 13.0. The van der Waals surface area contributed by atoms with Crippen LogP contribution in [-0.2, 0) is 10.1 Å². The highest BCUT2D eigenvalue weighted by molar-refractivity contribution is 7.86. The van der Waals surface area contributed by atoms with Gasteiger partial charge < -0.3 is 11.2 Å². The van der Waals surface area contributed by atoms with Crippen molar-refractivity contribution in [1.29, 1.82) is 0 Å². The van der Waals surface area contributed by atoms with Crippen LogP contribution >= 0.6 is 0 Å². The smallest absolute Gasteiger partial charge is 0.296 e. The third-order valence-corrected chi connectivity index (χ3v) is 2.99. The number of benzene rings is 1. The molecule has 0 aliphatic rings. The molecule has 9 nitrogen and oxygen atoms in total. The number of nitrogens with zero attached hydrogens (tertiary/aromatic N) is 1. The van der Waals surface area contributed by atoms with E-state index in [9.17, 15) is 18.5 Å². The van der Waals surface area contributed by atoms with Crippen LogP contribution in [0.3, 0.4) is 0 Å². The molecule has 19 heavy (non-hydrogen) atoms. The molecule has 1 unspecified atom stereocenters. The molecule has 0 saturated heterocycles. The molecule has 10 heteroatoms. The lowest BCUT2D eigenvalue weighted by Gasteiger charge is -2.12. The minimum Gasteiger partial charge on any atom is -0.327 e. The predicted octanol–water partition coefficient (Wildman–Crippen LogP) is 0.105. The molecule has 0 radical (unpaired) electrons. The zero-order valence-corrected chi connectivity index (χ0v) is 10.8. The molecular weight excluding hydrogens is 276 g/mol. The van der Waals surface area contributed by atoms with Gasteiger partial charge in [0.2, 0.25) is 0 Å². The Morgan fingerprint density at radius 2 is 2.16 bits per heavy atom. The third-order valence-electron chi connectivity index (χ3n) is 2.10. The molecule has 0 bridgehead atoms. The summed E-state index contributed by atoms with van der Waals surface area (Å²) in [4.78, 5) is 9.23. The number of non-ortho nitro benzene ring substituents is 1. The molecule has 0 aromatic heterocycles. The molecule has 0 saturated carbocycles. The average molecular weight is 290 g/mol. The van der Waals surface area contributed by atoms with Crippen LogP contribution in [-0.4, -0.2) is 30.5 Å². The first-order valence-corrected chi connectivity index (χ1v) is 6.66. The molecule has 1 aromatic rings. The molecule has 5 N–H and O–H groups in total. The highest BCUT2D eigenvalue weighted by atomic mass is 32.2. The monoisotopic (exact) mass is 290 g/mol.